The summed E-state index contributed by atoms with van der Waals surface area (Å²) < 4.78 is 5.06. The molecule has 1 fully saturated rings. The van der Waals surface area contributed by atoms with Gasteiger partial charge in [0, 0.05) is 0 Å². The Morgan fingerprint density at radius 1 is 1.03 bits per heavy atom. The molecule has 0 saturated carbocycles. The third-order valence-corrected chi connectivity index (χ3v) is 5.52. The summed E-state index contributed by atoms with van der Waals surface area (Å²) in [5.41, 5.74) is 0.883. The molecule has 6 heteroatoms. The van der Waals surface area contributed by atoms with Crippen molar-refractivity contribution in [3.8, 4) is 0 Å². The van der Waals surface area contributed by atoms with Crippen LogP contribution in [-0.2, 0) is 14.3 Å². The highest BCUT2D eigenvalue weighted by molar-refractivity contribution is 8.18. The van der Waals surface area contributed by atoms with Crippen molar-refractivity contribution in [2.45, 2.75) is 20.0 Å². The molecule has 0 radical (unpaired) electrons. The van der Waals surface area contributed by atoms with Crippen molar-refractivity contribution in [2.24, 2.45) is 0 Å². The molecular formula is C23H19NO4S. The van der Waals surface area contributed by atoms with E-state index >= 15 is 0 Å². The number of nitrogens with zero attached hydrogens (tertiary/aromatic N) is 1. The van der Waals surface area contributed by atoms with E-state index in [9.17, 15) is 14.4 Å². The Kier molecular flexibility index (Phi) is 5.11. The standard InChI is InChI=1S/C23H19NO4S/c1-14(2)28-21(25)13-24-22(26)20(29-23(24)27)12-19-17-9-5-3-7-15(17)11-16-8-4-6-10-18(16)19/h3-12,14H,13H2,1-2H3/b20-12-. The van der Waals surface area contributed by atoms with Crippen molar-refractivity contribution in [2.75, 3.05) is 6.54 Å². The fraction of sp³-hybridized carbons (Fsp3) is 0.174. The smallest absolute Gasteiger partial charge is 0.326 e. The van der Waals surface area contributed by atoms with Crippen LogP contribution in [0.2, 0.25) is 0 Å². The Hall–Kier alpha value is -3.12. The molecule has 1 saturated heterocycles. The van der Waals surface area contributed by atoms with Crippen molar-refractivity contribution in [3.05, 3.63) is 65.1 Å². The lowest BCUT2D eigenvalue weighted by molar-refractivity contribution is -0.149. The number of amides is 2. The molecule has 0 spiro atoms. The van der Waals surface area contributed by atoms with Crippen molar-refractivity contribution in [1.29, 1.82) is 0 Å². The highest BCUT2D eigenvalue weighted by Crippen LogP contribution is 2.36. The fourth-order valence-electron chi connectivity index (χ4n) is 3.40. The van der Waals surface area contributed by atoms with Crippen LogP contribution in [0.15, 0.2) is 59.5 Å². The van der Waals surface area contributed by atoms with Crippen LogP contribution in [0, 0.1) is 0 Å². The molecule has 4 rings (SSSR count). The summed E-state index contributed by atoms with van der Waals surface area (Å²) in [6, 6.07) is 18.0. The van der Waals surface area contributed by atoms with Gasteiger partial charge in [0.1, 0.15) is 6.54 Å². The number of rotatable bonds is 4. The number of esters is 1. The maximum absolute atomic E-state index is 12.8. The maximum atomic E-state index is 12.8. The Morgan fingerprint density at radius 3 is 2.21 bits per heavy atom. The van der Waals surface area contributed by atoms with Gasteiger partial charge in [-0.2, -0.15) is 0 Å². The summed E-state index contributed by atoms with van der Waals surface area (Å²) in [6.07, 6.45) is 1.45. The molecule has 0 aromatic heterocycles. The van der Waals surface area contributed by atoms with Crippen LogP contribution >= 0.6 is 11.8 Å². The van der Waals surface area contributed by atoms with Crippen molar-refractivity contribution < 1.29 is 19.1 Å². The van der Waals surface area contributed by atoms with Crippen molar-refractivity contribution >= 4 is 56.5 Å². The maximum Gasteiger partial charge on any atom is 0.326 e. The predicted molar refractivity (Wildman–Crippen MR) is 115 cm³/mol. The second kappa shape index (κ2) is 7.72. The fourth-order valence-corrected chi connectivity index (χ4v) is 4.22. The number of carbonyl (C=O) groups excluding carboxylic acids is 3. The minimum absolute atomic E-state index is 0.300. The van der Waals surface area contributed by atoms with E-state index in [0.717, 1.165) is 43.8 Å². The number of hydrogen-bond acceptors (Lipinski definition) is 5. The van der Waals surface area contributed by atoms with Gasteiger partial charge in [-0.1, -0.05) is 48.5 Å². The Morgan fingerprint density at radius 2 is 1.62 bits per heavy atom. The number of carbonyl (C=O) groups is 3. The first-order valence-electron chi connectivity index (χ1n) is 9.29. The Bertz CT molecular complexity index is 1130. The summed E-state index contributed by atoms with van der Waals surface area (Å²) >= 11 is 0.845. The van der Waals surface area contributed by atoms with E-state index in [1.807, 2.05) is 48.5 Å². The molecule has 0 unspecified atom stereocenters. The quantitative estimate of drug-likeness (QED) is 0.348. The summed E-state index contributed by atoms with van der Waals surface area (Å²) in [5.74, 6) is -1.07. The van der Waals surface area contributed by atoms with Gasteiger partial charge in [0.15, 0.2) is 0 Å². The summed E-state index contributed by atoms with van der Waals surface area (Å²) in [4.78, 5) is 38.3. The minimum Gasteiger partial charge on any atom is -0.462 e. The predicted octanol–water partition coefficient (Wildman–Crippen LogP) is 4.98. The van der Waals surface area contributed by atoms with Gasteiger partial charge in [-0.25, -0.2) is 0 Å². The lowest BCUT2D eigenvalue weighted by Gasteiger charge is -2.13. The van der Waals surface area contributed by atoms with Gasteiger partial charge in [0.2, 0.25) is 0 Å². The molecule has 0 N–H and O–H groups in total. The van der Waals surface area contributed by atoms with E-state index in [-0.39, 0.29) is 12.6 Å². The molecule has 0 aliphatic carbocycles. The van der Waals surface area contributed by atoms with Gasteiger partial charge in [0.25, 0.3) is 11.1 Å². The van der Waals surface area contributed by atoms with Crippen LogP contribution in [0.1, 0.15) is 19.4 Å². The summed E-state index contributed by atoms with van der Waals surface area (Å²) in [6.45, 7) is 3.06. The molecule has 0 bridgehead atoms. The Balaban J connectivity index is 1.76. The molecule has 5 nitrogen and oxygen atoms in total. The van der Waals surface area contributed by atoms with Gasteiger partial charge < -0.3 is 4.74 Å². The number of ether oxygens (including phenoxy) is 1. The normalized spacial score (nSPS) is 15.8. The molecule has 1 aliphatic rings. The van der Waals surface area contributed by atoms with E-state index in [4.69, 9.17) is 4.74 Å². The van der Waals surface area contributed by atoms with Gasteiger partial charge in [-0.15, -0.1) is 0 Å². The molecule has 29 heavy (non-hydrogen) atoms. The second-order valence-electron chi connectivity index (χ2n) is 7.04. The zero-order valence-electron chi connectivity index (χ0n) is 16.0. The molecule has 146 valence electrons. The van der Waals surface area contributed by atoms with Gasteiger partial charge in [-0.3, -0.25) is 19.3 Å². The average Bonchev–Trinajstić information content (AvgIpc) is 2.94. The van der Waals surface area contributed by atoms with E-state index in [2.05, 4.69) is 6.07 Å². The monoisotopic (exact) mass is 405 g/mol. The second-order valence-corrected chi connectivity index (χ2v) is 8.03. The number of benzene rings is 3. The van der Waals surface area contributed by atoms with Crippen LogP contribution in [0.25, 0.3) is 27.6 Å². The van der Waals surface area contributed by atoms with E-state index in [1.165, 1.54) is 0 Å². The topological polar surface area (TPSA) is 63.7 Å². The number of thioether (sulfide) groups is 1. The van der Waals surface area contributed by atoms with E-state index in [0.29, 0.717) is 4.91 Å². The third-order valence-electron chi connectivity index (χ3n) is 4.62. The molecule has 0 atom stereocenters. The van der Waals surface area contributed by atoms with Gasteiger partial charge >= 0.3 is 5.97 Å². The van der Waals surface area contributed by atoms with Gasteiger partial charge in [0.05, 0.1) is 11.0 Å². The average molecular weight is 405 g/mol. The highest BCUT2D eigenvalue weighted by Gasteiger charge is 2.37. The van der Waals surface area contributed by atoms with E-state index < -0.39 is 17.1 Å². The Labute approximate surface area is 172 Å². The molecule has 1 heterocycles. The lowest BCUT2D eigenvalue weighted by atomic mass is 9.96. The SMILES string of the molecule is CC(C)OC(=O)CN1C(=O)S/C(=C\c2c3ccccc3cc3ccccc23)C1=O. The number of fused-ring (bicyclic) bond motifs is 2. The van der Waals surface area contributed by atoms with Crippen molar-refractivity contribution in [1.82, 2.24) is 4.90 Å². The van der Waals surface area contributed by atoms with Gasteiger partial charge in [-0.05, 0) is 64.9 Å². The third kappa shape index (κ3) is 3.76. The largest absolute Gasteiger partial charge is 0.462 e. The number of imide groups is 1. The molecule has 3 aromatic carbocycles. The van der Waals surface area contributed by atoms with Crippen LogP contribution in [-0.4, -0.2) is 34.7 Å². The summed E-state index contributed by atoms with van der Waals surface area (Å²) in [5, 5.41) is 3.63. The first kappa shape index (κ1) is 19.2. The zero-order valence-corrected chi connectivity index (χ0v) is 16.9. The molecule has 1 aliphatic heterocycles. The van der Waals surface area contributed by atoms with Crippen LogP contribution in [0.3, 0.4) is 0 Å². The minimum atomic E-state index is -0.598. The van der Waals surface area contributed by atoms with E-state index in [1.54, 1.807) is 19.9 Å². The first-order chi connectivity index (χ1) is 13.9. The highest BCUT2D eigenvalue weighted by atomic mass is 32.2. The zero-order chi connectivity index (χ0) is 20.5. The molecule has 2 amide bonds. The first-order valence-corrected chi connectivity index (χ1v) is 10.1. The molecular weight excluding hydrogens is 386 g/mol. The van der Waals surface area contributed by atoms with Crippen molar-refractivity contribution in [3.63, 3.8) is 0 Å². The molecule has 3 aromatic rings. The summed E-state index contributed by atoms with van der Waals surface area (Å²) in [7, 11) is 0. The van der Waals surface area contributed by atoms with Crippen LogP contribution in [0.4, 0.5) is 4.79 Å². The van der Waals surface area contributed by atoms with Crippen LogP contribution < -0.4 is 0 Å². The number of hydrogen-bond donors (Lipinski definition) is 0. The lowest BCUT2D eigenvalue weighted by Crippen LogP contribution is -2.35. The van der Waals surface area contributed by atoms with Crippen LogP contribution in [0.5, 0.6) is 0 Å².